The van der Waals surface area contributed by atoms with E-state index < -0.39 is 6.10 Å². The molecule has 0 saturated heterocycles. The predicted octanol–water partition coefficient (Wildman–Crippen LogP) is 2.41. The maximum Gasteiger partial charge on any atom is 0.127 e. The van der Waals surface area contributed by atoms with Crippen LogP contribution < -0.4 is 4.74 Å². The van der Waals surface area contributed by atoms with Crippen molar-refractivity contribution >= 4 is 15.9 Å². The summed E-state index contributed by atoms with van der Waals surface area (Å²) in [4.78, 5) is 0. The second kappa shape index (κ2) is 7.85. The van der Waals surface area contributed by atoms with Gasteiger partial charge in [0.15, 0.2) is 0 Å². The Hall–Kier alpha value is -0.620. The molecule has 19 heavy (non-hydrogen) atoms. The van der Waals surface area contributed by atoms with Crippen LogP contribution in [0.2, 0.25) is 0 Å². The van der Waals surface area contributed by atoms with Crippen LogP contribution in [0.25, 0.3) is 0 Å². The third-order valence-electron chi connectivity index (χ3n) is 2.53. The van der Waals surface area contributed by atoms with Crippen LogP contribution in [0.15, 0.2) is 16.6 Å². The first kappa shape index (κ1) is 16.4. The van der Waals surface area contributed by atoms with E-state index in [0.717, 1.165) is 10.0 Å². The molecule has 108 valence electrons. The van der Waals surface area contributed by atoms with Crippen LogP contribution >= 0.6 is 15.9 Å². The van der Waals surface area contributed by atoms with Gasteiger partial charge >= 0.3 is 0 Å². The number of rotatable bonds is 7. The molecular formula is C14H21BrO4. The topological polar surface area (TPSA) is 58.9 Å². The van der Waals surface area contributed by atoms with Gasteiger partial charge in [0.05, 0.1) is 19.3 Å². The maximum atomic E-state index is 9.75. The Morgan fingerprint density at radius 2 is 1.95 bits per heavy atom. The van der Waals surface area contributed by atoms with Crippen molar-refractivity contribution < 1.29 is 19.7 Å². The van der Waals surface area contributed by atoms with Crippen LogP contribution in [0.4, 0.5) is 0 Å². The smallest absolute Gasteiger partial charge is 0.127 e. The fraction of sp³-hybridized carbons (Fsp3) is 0.571. The van der Waals surface area contributed by atoms with Crippen LogP contribution in [0.5, 0.6) is 5.75 Å². The van der Waals surface area contributed by atoms with Crippen molar-refractivity contribution in [1.29, 1.82) is 0 Å². The molecule has 0 aliphatic heterocycles. The molecule has 2 N–H and O–H groups in total. The maximum absolute atomic E-state index is 9.75. The summed E-state index contributed by atoms with van der Waals surface area (Å²) >= 11 is 3.37. The van der Waals surface area contributed by atoms with E-state index in [1.165, 1.54) is 0 Å². The average Bonchev–Trinajstić information content (AvgIpc) is 2.34. The molecule has 0 amide bonds. The van der Waals surface area contributed by atoms with E-state index in [4.69, 9.17) is 9.47 Å². The summed E-state index contributed by atoms with van der Waals surface area (Å²) in [5.74, 6) is 0.620. The number of ether oxygens (including phenoxy) is 2. The van der Waals surface area contributed by atoms with Crippen molar-refractivity contribution in [3.05, 3.63) is 27.7 Å². The zero-order chi connectivity index (χ0) is 14.4. The summed E-state index contributed by atoms with van der Waals surface area (Å²) in [6.07, 6.45) is -0.603. The molecule has 1 atom stereocenters. The van der Waals surface area contributed by atoms with Crippen LogP contribution in [0.3, 0.4) is 0 Å². The molecule has 0 heterocycles. The fourth-order valence-electron chi connectivity index (χ4n) is 1.65. The lowest BCUT2D eigenvalue weighted by Gasteiger charge is -2.17. The molecule has 1 unspecified atom stereocenters. The minimum atomic E-state index is -0.683. The molecule has 5 heteroatoms. The van der Waals surface area contributed by atoms with Gasteiger partial charge in [0.1, 0.15) is 18.5 Å². The van der Waals surface area contributed by atoms with E-state index in [1.807, 2.05) is 26.8 Å². The molecule has 0 spiro atoms. The number of halogens is 1. The third-order valence-corrected chi connectivity index (χ3v) is 2.99. The van der Waals surface area contributed by atoms with E-state index in [1.54, 1.807) is 6.07 Å². The normalized spacial score (nSPS) is 12.8. The lowest BCUT2D eigenvalue weighted by molar-refractivity contribution is -0.0126. The molecule has 0 aliphatic carbocycles. The van der Waals surface area contributed by atoms with Crippen LogP contribution in [0, 0.1) is 6.92 Å². The molecule has 1 aromatic rings. The Bertz CT molecular complexity index is 407. The quantitative estimate of drug-likeness (QED) is 0.805. The molecule has 0 bridgehead atoms. The largest absolute Gasteiger partial charge is 0.490 e. The predicted molar refractivity (Wildman–Crippen MR) is 77.4 cm³/mol. The number of aliphatic hydroxyl groups is 2. The second-order valence-electron chi connectivity index (χ2n) is 4.72. The van der Waals surface area contributed by atoms with E-state index in [9.17, 15) is 10.2 Å². The fourth-order valence-corrected chi connectivity index (χ4v) is 2.27. The minimum absolute atomic E-state index is 0.0806. The Kier molecular flexibility index (Phi) is 6.79. The highest BCUT2D eigenvalue weighted by molar-refractivity contribution is 9.10. The van der Waals surface area contributed by atoms with Gasteiger partial charge in [0.25, 0.3) is 0 Å². The van der Waals surface area contributed by atoms with Crippen LogP contribution in [-0.4, -0.2) is 35.6 Å². The number of hydrogen-bond donors (Lipinski definition) is 2. The highest BCUT2D eigenvalue weighted by Gasteiger charge is 2.12. The summed E-state index contributed by atoms with van der Waals surface area (Å²) in [7, 11) is 0. The van der Waals surface area contributed by atoms with Gasteiger partial charge in [-0.3, -0.25) is 0 Å². The molecule has 0 saturated carbocycles. The molecule has 0 radical (unpaired) electrons. The van der Waals surface area contributed by atoms with E-state index in [2.05, 4.69) is 15.9 Å². The summed E-state index contributed by atoms with van der Waals surface area (Å²) in [6.45, 7) is 6.00. The molecule has 1 rings (SSSR count). The van der Waals surface area contributed by atoms with E-state index >= 15 is 0 Å². The first-order valence-corrected chi connectivity index (χ1v) is 7.05. The number of benzene rings is 1. The Morgan fingerprint density at radius 1 is 1.26 bits per heavy atom. The first-order valence-electron chi connectivity index (χ1n) is 6.26. The first-order chi connectivity index (χ1) is 8.93. The average molecular weight is 333 g/mol. The standard InChI is InChI=1S/C14H21BrO4/c1-9(2)18-7-13(17)8-19-14-10(3)4-12(15)5-11(14)6-16/h4-5,9,13,16-17H,6-8H2,1-3H3. The molecule has 0 aromatic heterocycles. The summed E-state index contributed by atoms with van der Waals surface area (Å²) in [6, 6.07) is 3.71. The molecule has 0 fully saturated rings. The van der Waals surface area contributed by atoms with E-state index in [-0.39, 0.29) is 25.9 Å². The number of hydrogen-bond acceptors (Lipinski definition) is 4. The Labute approximate surface area is 122 Å². The van der Waals surface area contributed by atoms with E-state index in [0.29, 0.717) is 11.3 Å². The highest BCUT2D eigenvalue weighted by atomic mass is 79.9. The molecule has 0 aliphatic rings. The SMILES string of the molecule is Cc1cc(Br)cc(CO)c1OCC(O)COC(C)C. The van der Waals surface area contributed by atoms with Crippen molar-refractivity contribution in [2.24, 2.45) is 0 Å². The number of aliphatic hydroxyl groups excluding tert-OH is 2. The molecule has 4 nitrogen and oxygen atoms in total. The van der Waals surface area contributed by atoms with Crippen LogP contribution in [0.1, 0.15) is 25.0 Å². The van der Waals surface area contributed by atoms with Crippen molar-refractivity contribution in [1.82, 2.24) is 0 Å². The summed E-state index contributed by atoms with van der Waals surface area (Å²) in [5.41, 5.74) is 1.61. The van der Waals surface area contributed by atoms with Gasteiger partial charge in [-0.25, -0.2) is 0 Å². The van der Waals surface area contributed by atoms with Crippen molar-refractivity contribution in [3.8, 4) is 5.75 Å². The van der Waals surface area contributed by atoms with Crippen molar-refractivity contribution in [3.63, 3.8) is 0 Å². The highest BCUT2D eigenvalue weighted by Crippen LogP contribution is 2.28. The second-order valence-corrected chi connectivity index (χ2v) is 5.63. The van der Waals surface area contributed by atoms with Gasteiger partial charge in [-0.05, 0) is 38.5 Å². The minimum Gasteiger partial charge on any atom is -0.490 e. The van der Waals surface area contributed by atoms with Crippen molar-refractivity contribution in [2.45, 2.75) is 39.6 Å². The van der Waals surface area contributed by atoms with Gasteiger partial charge in [-0.2, -0.15) is 0 Å². The lowest BCUT2D eigenvalue weighted by atomic mass is 10.1. The van der Waals surface area contributed by atoms with Gasteiger partial charge in [0.2, 0.25) is 0 Å². The van der Waals surface area contributed by atoms with Crippen LogP contribution in [-0.2, 0) is 11.3 Å². The Balaban J connectivity index is 2.62. The monoisotopic (exact) mass is 332 g/mol. The molecular weight excluding hydrogens is 312 g/mol. The molecule has 1 aromatic carbocycles. The number of aryl methyl sites for hydroxylation is 1. The Morgan fingerprint density at radius 3 is 2.53 bits per heavy atom. The van der Waals surface area contributed by atoms with Gasteiger partial charge in [-0.1, -0.05) is 15.9 Å². The van der Waals surface area contributed by atoms with Gasteiger partial charge in [-0.15, -0.1) is 0 Å². The zero-order valence-electron chi connectivity index (χ0n) is 11.5. The third kappa shape index (κ3) is 5.48. The van der Waals surface area contributed by atoms with Gasteiger partial charge in [0, 0.05) is 10.0 Å². The van der Waals surface area contributed by atoms with Crippen molar-refractivity contribution in [2.75, 3.05) is 13.2 Å². The summed E-state index contributed by atoms with van der Waals surface area (Å²) < 4.78 is 11.8. The van der Waals surface area contributed by atoms with Gasteiger partial charge < -0.3 is 19.7 Å². The lowest BCUT2D eigenvalue weighted by Crippen LogP contribution is -2.25. The zero-order valence-corrected chi connectivity index (χ0v) is 13.1. The summed E-state index contributed by atoms with van der Waals surface area (Å²) in [5, 5.41) is 19.1.